The highest BCUT2D eigenvalue weighted by Crippen LogP contribution is 2.34. The Bertz CT molecular complexity index is 1430. The second-order valence-electron chi connectivity index (χ2n) is 11.4. The summed E-state index contributed by atoms with van der Waals surface area (Å²) in [5.41, 5.74) is 2.39. The van der Waals surface area contributed by atoms with Gasteiger partial charge in [-0.1, -0.05) is 55.5 Å². The monoisotopic (exact) mass is 599 g/mol. The third-order valence-corrected chi connectivity index (χ3v) is 8.34. The van der Waals surface area contributed by atoms with Crippen molar-refractivity contribution >= 4 is 27.5 Å². The van der Waals surface area contributed by atoms with Crippen molar-refractivity contribution in [1.82, 2.24) is 15.5 Å². The molecular weight excluding hydrogens is 550 g/mol. The van der Waals surface area contributed by atoms with E-state index in [2.05, 4.69) is 79.1 Å². The van der Waals surface area contributed by atoms with Gasteiger partial charge in [-0.3, -0.25) is 4.79 Å². The smallest absolute Gasteiger partial charge is 0.222 e. The van der Waals surface area contributed by atoms with Crippen LogP contribution in [0, 0.1) is 0 Å². The number of hydrogen-bond acceptors (Lipinski definition) is 6. The van der Waals surface area contributed by atoms with Gasteiger partial charge in [0.15, 0.2) is 0 Å². The van der Waals surface area contributed by atoms with E-state index in [9.17, 15) is 4.79 Å². The summed E-state index contributed by atoms with van der Waals surface area (Å²) in [6.45, 7) is 7.76. The molecule has 0 heterocycles. The molecule has 1 atom stereocenters. The molecule has 0 bridgehead atoms. The third kappa shape index (κ3) is 8.87. The van der Waals surface area contributed by atoms with Crippen LogP contribution in [0.15, 0.2) is 66.7 Å². The fraction of sp³-hybridized carbons (Fsp3) is 0.432. The molecule has 4 aromatic rings. The van der Waals surface area contributed by atoms with Crippen LogP contribution < -0.4 is 24.8 Å². The molecule has 0 fully saturated rings. The fourth-order valence-corrected chi connectivity index (χ4v) is 5.51. The molecule has 1 unspecified atom stereocenters. The van der Waals surface area contributed by atoms with Gasteiger partial charge < -0.3 is 29.7 Å². The maximum absolute atomic E-state index is 12.7. The largest absolute Gasteiger partial charge is 0.496 e. The van der Waals surface area contributed by atoms with Crippen molar-refractivity contribution in [2.75, 3.05) is 47.5 Å². The summed E-state index contributed by atoms with van der Waals surface area (Å²) in [7, 11) is 5.18. The van der Waals surface area contributed by atoms with Crippen LogP contribution in [-0.2, 0) is 17.8 Å². The minimum atomic E-state index is 0.124. The van der Waals surface area contributed by atoms with Gasteiger partial charge >= 0.3 is 0 Å². The topological polar surface area (TPSA) is 72.1 Å². The van der Waals surface area contributed by atoms with Gasteiger partial charge in [-0.25, -0.2) is 0 Å². The van der Waals surface area contributed by atoms with Gasteiger partial charge in [0, 0.05) is 51.3 Å². The maximum atomic E-state index is 12.7. The number of ether oxygens (including phenoxy) is 3. The molecule has 7 nitrogen and oxygen atoms in total. The number of nitrogens with one attached hydrogen (secondary N) is 2. The van der Waals surface area contributed by atoms with E-state index in [1.807, 2.05) is 19.2 Å². The molecule has 4 rings (SSSR count). The Kier molecular flexibility index (Phi) is 12.7. The van der Waals surface area contributed by atoms with Crippen molar-refractivity contribution in [3.63, 3.8) is 0 Å². The molecule has 236 valence electrons. The molecule has 0 aromatic heterocycles. The lowest BCUT2D eigenvalue weighted by Gasteiger charge is -2.19. The number of rotatable bonds is 18. The second kappa shape index (κ2) is 16.9. The van der Waals surface area contributed by atoms with Gasteiger partial charge in [0.2, 0.25) is 5.91 Å². The molecule has 0 aliphatic carbocycles. The Labute approximate surface area is 262 Å². The first-order valence-corrected chi connectivity index (χ1v) is 15.9. The van der Waals surface area contributed by atoms with Crippen molar-refractivity contribution < 1.29 is 19.0 Å². The van der Waals surface area contributed by atoms with Crippen LogP contribution >= 0.6 is 0 Å². The second-order valence-corrected chi connectivity index (χ2v) is 11.4. The average Bonchev–Trinajstić information content (AvgIpc) is 3.06. The van der Waals surface area contributed by atoms with E-state index in [1.165, 1.54) is 27.1 Å². The molecule has 4 aromatic carbocycles. The van der Waals surface area contributed by atoms with E-state index >= 15 is 0 Å². The van der Waals surface area contributed by atoms with Crippen LogP contribution in [0.25, 0.3) is 21.5 Å². The number of amides is 1. The van der Waals surface area contributed by atoms with Crippen LogP contribution in [0.1, 0.15) is 50.7 Å². The number of carbonyl (C=O) groups is 1. The molecule has 0 aliphatic rings. The summed E-state index contributed by atoms with van der Waals surface area (Å²) >= 11 is 0. The Morgan fingerprint density at radius 3 is 2.11 bits per heavy atom. The molecular formula is C37H49N3O4. The lowest BCUT2D eigenvalue weighted by molar-refractivity contribution is -0.130. The Balaban J connectivity index is 1.16. The number of aryl methyl sites for hydroxylation is 1. The number of nitrogens with zero attached hydrogens (tertiary/aromatic N) is 1. The van der Waals surface area contributed by atoms with Crippen LogP contribution in [0.5, 0.6) is 17.2 Å². The minimum Gasteiger partial charge on any atom is -0.496 e. The number of methoxy groups -OCH3 is 2. The molecule has 1 amide bonds. The SMILES string of the molecule is CCC(C)NCc1c(OC)cc(OCCCC(=O)N(C)CCNCCCc2c3ccccc3cc3ccccc23)cc1OC. The standard InChI is InChI=1S/C37H49N3O4/c1-6-27(2)39-26-34-35(42-4)24-30(25-36(34)43-5)44-22-12-18-37(41)40(3)21-20-38-19-11-17-33-31-15-9-7-13-28(31)23-29-14-8-10-16-32(29)33/h7-10,13-16,23-25,27,38-39H,6,11-12,17-22,26H2,1-5H3. The number of fused-ring (bicyclic) bond motifs is 2. The molecule has 2 N–H and O–H groups in total. The zero-order valence-corrected chi connectivity index (χ0v) is 27.1. The highest BCUT2D eigenvalue weighted by atomic mass is 16.5. The number of benzene rings is 4. The van der Waals surface area contributed by atoms with Crippen molar-refractivity contribution in [3.05, 3.63) is 77.9 Å². The Hall–Kier alpha value is -3.81. The molecule has 7 heteroatoms. The van der Waals surface area contributed by atoms with Crippen LogP contribution in [-0.4, -0.2) is 64.4 Å². The zero-order chi connectivity index (χ0) is 31.3. The van der Waals surface area contributed by atoms with Crippen LogP contribution in [0.3, 0.4) is 0 Å². The molecule has 0 saturated carbocycles. The molecule has 0 spiro atoms. The highest BCUT2D eigenvalue weighted by molar-refractivity contribution is 6.02. The van der Waals surface area contributed by atoms with Crippen molar-refractivity contribution in [3.8, 4) is 17.2 Å². The first kappa shape index (κ1) is 33.1. The first-order valence-electron chi connectivity index (χ1n) is 15.9. The van der Waals surface area contributed by atoms with Crippen LogP contribution in [0.4, 0.5) is 0 Å². The summed E-state index contributed by atoms with van der Waals surface area (Å²) in [5, 5.41) is 12.3. The van der Waals surface area contributed by atoms with Crippen molar-refractivity contribution in [1.29, 1.82) is 0 Å². The highest BCUT2D eigenvalue weighted by Gasteiger charge is 2.15. The Morgan fingerprint density at radius 2 is 1.50 bits per heavy atom. The van der Waals surface area contributed by atoms with Gasteiger partial charge in [-0.2, -0.15) is 0 Å². The maximum Gasteiger partial charge on any atom is 0.222 e. The summed E-state index contributed by atoms with van der Waals surface area (Å²) in [5.74, 6) is 2.25. The van der Waals surface area contributed by atoms with E-state index in [-0.39, 0.29) is 5.91 Å². The minimum absolute atomic E-state index is 0.124. The van der Waals surface area contributed by atoms with Gasteiger partial charge in [-0.15, -0.1) is 0 Å². The lowest BCUT2D eigenvalue weighted by atomic mass is 9.94. The summed E-state index contributed by atoms with van der Waals surface area (Å²) in [4.78, 5) is 14.5. The van der Waals surface area contributed by atoms with E-state index in [4.69, 9.17) is 14.2 Å². The predicted molar refractivity (Wildman–Crippen MR) is 181 cm³/mol. The van der Waals surface area contributed by atoms with Crippen LogP contribution in [0.2, 0.25) is 0 Å². The molecule has 0 radical (unpaired) electrons. The van der Waals surface area contributed by atoms with E-state index < -0.39 is 0 Å². The summed E-state index contributed by atoms with van der Waals surface area (Å²) in [6.07, 6.45) is 4.17. The van der Waals surface area contributed by atoms with Gasteiger partial charge in [0.05, 0.1) is 26.4 Å². The summed E-state index contributed by atoms with van der Waals surface area (Å²) in [6, 6.07) is 23.8. The quantitative estimate of drug-likeness (QED) is 0.0975. The van der Waals surface area contributed by atoms with Crippen molar-refractivity contribution in [2.45, 2.75) is 58.5 Å². The normalized spacial score (nSPS) is 11.9. The number of carbonyl (C=O) groups excluding carboxylic acids is 1. The third-order valence-electron chi connectivity index (χ3n) is 8.34. The average molecular weight is 600 g/mol. The van der Waals surface area contributed by atoms with E-state index in [0.717, 1.165) is 49.4 Å². The lowest BCUT2D eigenvalue weighted by Crippen LogP contribution is -2.34. The van der Waals surface area contributed by atoms with E-state index in [1.54, 1.807) is 19.1 Å². The van der Waals surface area contributed by atoms with Gasteiger partial charge in [0.25, 0.3) is 0 Å². The summed E-state index contributed by atoms with van der Waals surface area (Å²) < 4.78 is 17.2. The van der Waals surface area contributed by atoms with Gasteiger partial charge in [-0.05, 0) is 72.3 Å². The zero-order valence-electron chi connectivity index (χ0n) is 27.1. The number of hydrogen-bond donors (Lipinski definition) is 2. The molecule has 0 aliphatic heterocycles. The van der Waals surface area contributed by atoms with Gasteiger partial charge in [0.1, 0.15) is 17.2 Å². The number of likely N-dealkylation sites (N-methyl/N-ethyl adjacent to an activating group) is 1. The molecule has 44 heavy (non-hydrogen) atoms. The fourth-order valence-electron chi connectivity index (χ4n) is 5.51. The van der Waals surface area contributed by atoms with E-state index in [0.29, 0.717) is 44.3 Å². The Morgan fingerprint density at radius 1 is 0.864 bits per heavy atom. The molecule has 0 saturated heterocycles. The predicted octanol–water partition coefficient (Wildman–Crippen LogP) is 6.74. The first-order chi connectivity index (χ1) is 21.4. The van der Waals surface area contributed by atoms with Crippen molar-refractivity contribution in [2.24, 2.45) is 0 Å².